The van der Waals surface area contributed by atoms with Crippen LogP contribution in [-0.2, 0) is 0 Å². The van der Waals surface area contributed by atoms with Gasteiger partial charge in [-0.3, -0.25) is 0 Å². The van der Waals surface area contributed by atoms with Crippen LogP contribution in [0.3, 0.4) is 0 Å². The average Bonchev–Trinajstić information content (AvgIpc) is 3.11. The Morgan fingerprint density at radius 3 is 2.07 bits per heavy atom. The molecule has 29 heavy (non-hydrogen) atoms. The predicted molar refractivity (Wildman–Crippen MR) is 123 cm³/mol. The molecule has 1 saturated heterocycles. The second-order valence-corrected chi connectivity index (χ2v) is 8.58. The van der Waals surface area contributed by atoms with Gasteiger partial charge in [0.2, 0.25) is 0 Å². The molecule has 1 aromatic heterocycles. The quantitative estimate of drug-likeness (QED) is 0.343. The number of rotatable bonds is 3. The van der Waals surface area contributed by atoms with Crippen LogP contribution in [0.4, 0.5) is 5.69 Å². The Hall–Kier alpha value is -2.39. The molecule has 5 rings (SSSR count). The minimum Gasteiger partial charge on any atom is -0.357 e. The minimum atomic E-state index is 0.0797. The lowest BCUT2D eigenvalue weighted by Crippen LogP contribution is -2.45. The second-order valence-electron chi connectivity index (χ2n) is 7.27. The van der Waals surface area contributed by atoms with E-state index in [2.05, 4.69) is 34.7 Å². The lowest BCUT2D eigenvalue weighted by molar-refractivity contribution is 0.463. The van der Waals surface area contributed by atoms with Gasteiger partial charge in [0.25, 0.3) is 0 Å². The first-order chi connectivity index (χ1) is 14.0. The van der Waals surface area contributed by atoms with E-state index in [-0.39, 0.29) is 12.0 Å². The van der Waals surface area contributed by atoms with E-state index >= 15 is 0 Å². The van der Waals surface area contributed by atoms with Crippen LogP contribution in [-0.4, -0.2) is 4.98 Å². The second kappa shape index (κ2) is 7.14. The molecule has 0 radical (unpaired) electrons. The molecule has 3 aromatic carbocycles. The maximum absolute atomic E-state index is 6.19. The van der Waals surface area contributed by atoms with E-state index in [1.165, 1.54) is 5.56 Å². The fraction of sp³-hybridized carbons (Fsp3) is 0.0833. The van der Waals surface area contributed by atoms with Crippen LogP contribution in [0.2, 0.25) is 15.1 Å². The third-order valence-corrected chi connectivity index (χ3v) is 6.26. The molecular formula is C24H17Cl3N2. The Morgan fingerprint density at radius 1 is 0.759 bits per heavy atom. The van der Waals surface area contributed by atoms with Gasteiger partial charge in [0.1, 0.15) is 0 Å². The van der Waals surface area contributed by atoms with Crippen molar-refractivity contribution in [2.24, 2.45) is 0 Å². The SMILES string of the molecule is C=C1C(c2ccc(Cl)cc2)C(c2cc3ccc(Cl)cc3[nH]2)N1c1ccc(Cl)cc1. The fourth-order valence-corrected chi connectivity index (χ4v) is 4.57. The summed E-state index contributed by atoms with van der Waals surface area (Å²) in [6, 6.07) is 24.0. The number of hydrogen-bond donors (Lipinski definition) is 1. The zero-order valence-corrected chi connectivity index (χ0v) is 17.6. The first-order valence-corrected chi connectivity index (χ1v) is 10.4. The molecule has 2 nitrogen and oxygen atoms in total. The molecule has 144 valence electrons. The monoisotopic (exact) mass is 438 g/mol. The number of nitrogens with one attached hydrogen (secondary N) is 1. The summed E-state index contributed by atoms with van der Waals surface area (Å²) in [7, 11) is 0. The molecule has 2 atom stereocenters. The normalized spacial score (nSPS) is 18.9. The summed E-state index contributed by atoms with van der Waals surface area (Å²) in [5.74, 6) is 0.145. The third-order valence-electron chi connectivity index (χ3n) is 5.52. The van der Waals surface area contributed by atoms with Crippen molar-refractivity contribution in [1.82, 2.24) is 4.98 Å². The van der Waals surface area contributed by atoms with Crippen LogP contribution in [0.15, 0.2) is 85.1 Å². The predicted octanol–water partition coefficient (Wildman–Crippen LogP) is 7.99. The van der Waals surface area contributed by atoms with Crippen molar-refractivity contribution >= 4 is 51.4 Å². The van der Waals surface area contributed by atoms with Gasteiger partial charge in [-0.25, -0.2) is 0 Å². The molecule has 1 aliphatic heterocycles. The Bertz CT molecular complexity index is 1150. The van der Waals surface area contributed by atoms with Gasteiger partial charge in [0.15, 0.2) is 0 Å². The van der Waals surface area contributed by atoms with Crippen LogP contribution in [0.5, 0.6) is 0 Å². The summed E-state index contributed by atoms with van der Waals surface area (Å²) in [5.41, 5.74) is 5.43. The zero-order valence-electron chi connectivity index (χ0n) is 15.4. The number of nitrogens with zero attached hydrogens (tertiary/aromatic N) is 1. The maximum Gasteiger partial charge on any atom is 0.0860 e. The Morgan fingerprint density at radius 2 is 1.38 bits per heavy atom. The van der Waals surface area contributed by atoms with E-state index in [4.69, 9.17) is 34.8 Å². The van der Waals surface area contributed by atoms with Gasteiger partial charge in [-0.05, 0) is 65.5 Å². The molecule has 0 aliphatic carbocycles. The van der Waals surface area contributed by atoms with Gasteiger partial charge >= 0.3 is 0 Å². The number of aromatic nitrogens is 1. The zero-order chi connectivity index (χ0) is 20.1. The van der Waals surface area contributed by atoms with Crippen molar-refractivity contribution in [3.63, 3.8) is 0 Å². The van der Waals surface area contributed by atoms with E-state index in [1.807, 2.05) is 54.6 Å². The Balaban J connectivity index is 1.62. The summed E-state index contributed by atoms with van der Waals surface area (Å²) < 4.78 is 0. The highest BCUT2D eigenvalue weighted by Crippen LogP contribution is 2.54. The van der Waals surface area contributed by atoms with Gasteiger partial charge in [-0.15, -0.1) is 0 Å². The van der Waals surface area contributed by atoms with Crippen molar-refractivity contribution in [3.8, 4) is 0 Å². The number of anilines is 1. The summed E-state index contributed by atoms with van der Waals surface area (Å²) in [4.78, 5) is 5.81. The van der Waals surface area contributed by atoms with Crippen molar-refractivity contribution in [3.05, 3.63) is 111 Å². The number of aromatic amines is 1. The Labute approximate surface area is 184 Å². The van der Waals surface area contributed by atoms with Gasteiger partial charge in [0.05, 0.1) is 12.0 Å². The largest absolute Gasteiger partial charge is 0.357 e. The first-order valence-electron chi connectivity index (χ1n) is 9.28. The number of fused-ring (bicyclic) bond motifs is 1. The van der Waals surface area contributed by atoms with Crippen LogP contribution < -0.4 is 4.90 Å². The number of halogens is 3. The topological polar surface area (TPSA) is 19.0 Å². The molecule has 0 spiro atoms. The molecule has 5 heteroatoms. The molecule has 0 saturated carbocycles. The van der Waals surface area contributed by atoms with Crippen molar-refractivity contribution in [2.75, 3.05) is 4.90 Å². The van der Waals surface area contributed by atoms with Crippen LogP contribution in [0.1, 0.15) is 23.2 Å². The highest BCUT2D eigenvalue weighted by molar-refractivity contribution is 6.31. The standard InChI is InChI=1S/C24H17Cl3N2/c1-14-23(15-2-5-17(25)6-3-15)24(29(14)20-10-8-18(26)9-11-20)22-12-16-4-7-19(27)13-21(16)28-22/h2-13,23-24,28H,1H2. The van der Waals surface area contributed by atoms with E-state index in [9.17, 15) is 0 Å². The molecular weight excluding hydrogens is 423 g/mol. The van der Waals surface area contributed by atoms with E-state index < -0.39 is 0 Å². The smallest absolute Gasteiger partial charge is 0.0860 e. The van der Waals surface area contributed by atoms with E-state index in [0.717, 1.165) is 33.0 Å². The van der Waals surface area contributed by atoms with Crippen LogP contribution in [0, 0.1) is 0 Å². The first kappa shape index (κ1) is 18.6. The van der Waals surface area contributed by atoms with Crippen molar-refractivity contribution in [1.29, 1.82) is 0 Å². The van der Waals surface area contributed by atoms with Crippen LogP contribution >= 0.6 is 34.8 Å². The van der Waals surface area contributed by atoms with E-state index in [1.54, 1.807) is 0 Å². The molecule has 0 amide bonds. The lowest BCUT2D eigenvalue weighted by Gasteiger charge is -2.51. The number of hydrogen-bond acceptors (Lipinski definition) is 1. The molecule has 1 fully saturated rings. The molecule has 2 heterocycles. The highest BCUT2D eigenvalue weighted by atomic mass is 35.5. The number of H-pyrrole nitrogens is 1. The minimum absolute atomic E-state index is 0.0797. The van der Waals surface area contributed by atoms with Crippen molar-refractivity contribution in [2.45, 2.75) is 12.0 Å². The van der Waals surface area contributed by atoms with Crippen LogP contribution in [0.25, 0.3) is 10.9 Å². The summed E-state index contributed by atoms with van der Waals surface area (Å²) in [5, 5.41) is 3.29. The highest BCUT2D eigenvalue weighted by Gasteiger charge is 2.45. The average molecular weight is 440 g/mol. The summed E-state index contributed by atoms with van der Waals surface area (Å²) in [6.07, 6.45) is 0. The third kappa shape index (κ3) is 3.22. The lowest BCUT2D eigenvalue weighted by atomic mass is 9.77. The molecule has 2 unspecified atom stereocenters. The van der Waals surface area contributed by atoms with Crippen molar-refractivity contribution < 1.29 is 0 Å². The maximum atomic E-state index is 6.19. The molecule has 1 aliphatic rings. The van der Waals surface area contributed by atoms with Gasteiger partial charge < -0.3 is 9.88 Å². The summed E-state index contributed by atoms with van der Waals surface area (Å²) >= 11 is 18.4. The Kier molecular flexibility index (Phi) is 4.59. The molecule has 0 bridgehead atoms. The molecule has 1 N–H and O–H groups in total. The molecule has 4 aromatic rings. The summed E-state index contributed by atoms with van der Waals surface area (Å²) in [6.45, 7) is 4.39. The fourth-order valence-electron chi connectivity index (χ4n) is 4.15. The van der Waals surface area contributed by atoms with Gasteiger partial charge in [-0.1, -0.05) is 59.6 Å². The van der Waals surface area contributed by atoms with Gasteiger partial charge in [-0.2, -0.15) is 0 Å². The van der Waals surface area contributed by atoms with Gasteiger partial charge in [0, 0.05) is 37.7 Å². The van der Waals surface area contributed by atoms with E-state index in [0.29, 0.717) is 10.0 Å². The number of benzene rings is 3.